The van der Waals surface area contributed by atoms with Gasteiger partial charge in [-0.05, 0) is 31.0 Å². The van der Waals surface area contributed by atoms with Crippen molar-refractivity contribution < 1.29 is 5.11 Å². The Morgan fingerprint density at radius 2 is 1.69 bits per heavy atom. The average molecular weight is 354 g/mol. The van der Waals surface area contributed by atoms with Crippen LogP contribution >= 0.6 is 0 Å². The molecule has 0 aliphatic rings. The smallest absolute Gasteiger partial charge is 0.191 e. The first-order valence-corrected chi connectivity index (χ1v) is 9.22. The number of aliphatic hydroxyl groups is 1. The third kappa shape index (κ3) is 6.76. The Labute approximate surface area is 156 Å². The number of guanidine groups is 1. The van der Waals surface area contributed by atoms with Gasteiger partial charge in [0.15, 0.2) is 5.96 Å². The molecular formula is C21H30N4O. The summed E-state index contributed by atoms with van der Waals surface area (Å²) in [5.74, 6) is 0.786. The van der Waals surface area contributed by atoms with Gasteiger partial charge in [-0.1, -0.05) is 48.5 Å². The van der Waals surface area contributed by atoms with Crippen LogP contribution in [0, 0.1) is 0 Å². The first-order chi connectivity index (χ1) is 12.7. The summed E-state index contributed by atoms with van der Waals surface area (Å²) in [4.78, 5) is 6.77. The molecule has 2 aromatic carbocycles. The fourth-order valence-electron chi connectivity index (χ4n) is 2.64. The number of aliphatic hydroxyl groups excluding tert-OH is 1. The van der Waals surface area contributed by atoms with E-state index in [1.54, 1.807) is 0 Å². The van der Waals surface area contributed by atoms with Gasteiger partial charge in [-0.15, -0.1) is 0 Å². The van der Waals surface area contributed by atoms with Crippen molar-refractivity contribution in [3.05, 3.63) is 66.2 Å². The van der Waals surface area contributed by atoms with Crippen LogP contribution in [0.3, 0.4) is 0 Å². The van der Waals surface area contributed by atoms with Crippen LogP contribution in [0.15, 0.2) is 65.7 Å². The Morgan fingerprint density at radius 3 is 2.35 bits per heavy atom. The zero-order valence-electron chi connectivity index (χ0n) is 15.7. The average Bonchev–Trinajstić information content (AvgIpc) is 2.69. The first kappa shape index (κ1) is 19.8. The number of rotatable bonds is 9. The molecule has 0 bridgehead atoms. The predicted molar refractivity (Wildman–Crippen MR) is 110 cm³/mol. The van der Waals surface area contributed by atoms with Crippen molar-refractivity contribution >= 4 is 11.6 Å². The predicted octanol–water partition coefficient (Wildman–Crippen LogP) is 2.80. The van der Waals surface area contributed by atoms with E-state index in [4.69, 9.17) is 0 Å². The lowest BCUT2D eigenvalue weighted by Gasteiger charge is -2.20. The maximum absolute atomic E-state index is 10.2. The highest BCUT2D eigenvalue weighted by Crippen LogP contribution is 2.15. The summed E-state index contributed by atoms with van der Waals surface area (Å²) in [6, 6.07) is 20.0. The third-order valence-electron chi connectivity index (χ3n) is 4.14. The highest BCUT2D eigenvalue weighted by Gasteiger charge is 2.06. The van der Waals surface area contributed by atoms with Crippen molar-refractivity contribution in [2.75, 3.05) is 38.1 Å². The minimum Gasteiger partial charge on any atom is -0.388 e. The van der Waals surface area contributed by atoms with E-state index < -0.39 is 6.10 Å². The Hall–Kier alpha value is -2.53. The van der Waals surface area contributed by atoms with Crippen LogP contribution in [0.2, 0.25) is 0 Å². The highest BCUT2D eigenvalue weighted by molar-refractivity contribution is 5.79. The van der Waals surface area contributed by atoms with Gasteiger partial charge in [0.05, 0.1) is 6.10 Å². The molecule has 0 spiro atoms. The Balaban J connectivity index is 1.77. The van der Waals surface area contributed by atoms with Crippen LogP contribution in [0.25, 0.3) is 0 Å². The van der Waals surface area contributed by atoms with Gasteiger partial charge < -0.3 is 20.6 Å². The molecule has 1 atom stereocenters. The van der Waals surface area contributed by atoms with Gasteiger partial charge >= 0.3 is 0 Å². The largest absolute Gasteiger partial charge is 0.388 e. The molecular weight excluding hydrogens is 324 g/mol. The molecule has 0 amide bonds. The van der Waals surface area contributed by atoms with Crippen molar-refractivity contribution in [1.82, 2.24) is 10.6 Å². The molecule has 26 heavy (non-hydrogen) atoms. The molecule has 140 valence electrons. The number of nitrogens with zero attached hydrogens (tertiary/aromatic N) is 2. The minimum atomic E-state index is -0.480. The SMILES string of the molecule is CCNC(=NCCC(O)c1ccccc1)NCCN(C)c1ccccc1. The molecule has 5 nitrogen and oxygen atoms in total. The number of likely N-dealkylation sites (N-methyl/N-ethyl adjacent to an activating group) is 1. The molecule has 0 aliphatic carbocycles. The van der Waals surface area contributed by atoms with E-state index in [1.807, 2.05) is 55.5 Å². The van der Waals surface area contributed by atoms with E-state index in [2.05, 4.69) is 39.7 Å². The molecule has 0 fully saturated rings. The number of hydrogen-bond donors (Lipinski definition) is 3. The zero-order valence-corrected chi connectivity index (χ0v) is 15.7. The van der Waals surface area contributed by atoms with Gasteiger partial charge in [0.25, 0.3) is 0 Å². The monoisotopic (exact) mass is 354 g/mol. The number of hydrogen-bond acceptors (Lipinski definition) is 3. The molecule has 1 unspecified atom stereocenters. The number of benzene rings is 2. The number of para-hydroxylation sites is 1. The van der Waals surface area contributed by atoms with Crippen LogP contribution in [-0.2, 0) is 0 Å². The van der Waals surface area contributed by atoms with Crippen molar-refractivity contribution in [1.29, 1.82) is 0 Å². The molecule has 0 aromatic heterocycles. The molecule has 0 saturated carbocycles. The van der Waals surface area contributed by atoms with Crippen molar-refractivity contribution in [3.63, 3.8) is 0 Å². The van der Waals surface area contributed by atoms with Crippen LogP contribution in [0.1, 0.15) is 25.0 Å². The second-order valence-electron chi connectivity index (χ2n) is 6.16. The van der Waals surface area contributed by atoms with Gasteiger partial charge in [-0.2, -0.15) is 0 Å². The summed E-state index contributed by atoms with van der Waals surface area (Å²) in [7, 11) is 2.08. The highest BCUT2D eigenvalue weighted by atomic mass is 16.3. The Morgan fingerprint density at radius 1 is 1.04 bits per heavy atom. The molecule has 5 heteroatoms. The van der Waals surface area contributed by atoms with Gasteiger partial charge in [-0.25, -0.2) is 0 Å². The lowest BCUT2D eigenvalue weighted by molar-refractivity contribution is 0.170. The molecule has 0 saturated heterocycles. The maximum Gasteiger partial charge on any atom is 0.191 e. The van der Waals surface area contributed by atoms with E-state index in [0.29, 0.717) is 13.0 Å². The molecule has 0 heterocycles. The summed E-state index contributed by atoms with van der Waals surface area (Å²) < 4.78 is 0. The molecule has 3 N–H and O–H groups in total. The standard InChI is InChI=1S/C21H30N4O/c1-3-22-21(23-15-14-20(26)18-10-6-4-7-11-18)24-16-17-25(2)19-12-8-5-9-13-19/h4-13,20,26H,3,14-17H2,1-2H3,(H2,22,23,24). The zero-order chi connectivity index (χ0) is 18.6. The van der Waals surface area contributed by atoms with Crippen LogP contribution < -0.4 is 15.5 Å². The summed E-state index contributed by atoms with van der Waals surface area (Å²) >= 11 is 0. The fourth-order valence-corrected chi connectivity index (χ4v) is 2.64. The van der Waals surface area contributed by atoms with Crippen LogP contribution in [0.4, 0.5) is 5.69 Å². The van der Waals surface area contributed by atoms with Crippen molar-refractivity contribution in [3.8, 4) is 0 Å². The Bertz CT molecular complexity index is 646. The first-order valence-electron chi connectivity index (χ1n) is 9.22. The van der Waals surface area contributed by atoms with E-state index in [9.17, 15) is 5.11 Å². The van der Waals surface area contributed by atoms with Gasteiger partial charge in [0.1, 0.15) is 0 Å². The molecule has 0 radical (unpaired) electrons. The second kappa shape index (κ2) is 11.2. The number of nitrogens with one attached hydrogen (secondary N) is 2. The molecule has 2 rings (SSSR count). The van der Waals surface area contributed by atoms with Gasteiger partial charge in [0.2, 0.25) is 0 Å². The van der Waals surface area contributed by atoms with E-state index in [1.165, 1.54) is 5.69 Å². The number of anilines is 1. The van der Waals surface area contributed by atoms with E-state index in [-0.39, 0.29) is 0 Å². The topological polar surface area (TPSA) is 59.9 Å². The summed E-state index contributed by atoms with van der Waals surface area (Å²) in [6.45, 7) is 5.09. The normalized spacial score (nSPS) is 12.5. The number of aliphatic imine (C=N–C) groups is 1. The lowest BCUT2D eigenvalue weighted by Crippen LogP contribution is -2.41. The maximum atomic E-state index is 10.2. The summed E-state index contributed by atoms with van der Waals surface area (Å²) in [5, 5.41) is 16.8. The third-order valence-corrected chi connectivity index (χ3v) is 4.14. The molecule has 0 aliphatic heterocycles. The van der Waals surface area contributed by atoms with E-state index in [0.717, 1.165) is 31.2 Å². The lowest BCUT2D eigenvalue weighted by atomic mass is 10.1. The van der Waals surface area contributed by atoms with Crippen molar-refractivity contribution in [2.45, 2.75) is 19.4 Å². The van der Waals surface area contributed by atoms with Gasteiger partial charge in [-0.3, -0.25) is 4.99 Å². The molecule has 2 aromatic rings. The second-order valence-corrected chi connectivity index (χ2v) is 6.16. The Kier molecular flexibility index (Phi) is 8.49. The fraction of sp³-hybridized carbons (Fsp3) is 0.381. The van der Waals surface area contributed by atoms with Crippen LogP contribution in [0.5, 0.6) is 0 Å². The summed E-state index contributed by atoms with van der Waals surface area (Å²) in [6.07, 6.45) is 0.122. The van der Waals surface area contributed by atoms with E-state index >= 15 is 0 Å². The van der Waals surface area contributed by atoms with Crippen LogP contribution in [-0.4, -0.2) is 44.3 Å². The van der Waals surface area contributed by atoms with Gasteiger partial charge in [0, 0.05) is 38.9 Å². The quantitative estimate of drug-likeness (QED) is 0.479. The minimum absolute atomic E-state index is 0.480. The summed E-state index contributed by atoms with van der Waals surface area (Å²) in [5.41, 5.74) is 2.13. The van der Waals surface area contributed by atoms with Crippen molar-refractivity contribution in [2.24, 2.45) is 4.99 Å².